The van der Waals surface area contributed by atoms with Crippen LogP contribution in [0.2, 0.25) is 0 Å². The van der Waals surface area contributed by atoms with Gasteiger partial charge < -0.3 is 14.4 Å². The number of pyridine rings is 1. The molecular formula is C17H19N5. The molecule has 0 radical (unpaired) electrons. The van der Waals surface area contributed by atoms with Crippen molar-refractivity contribution in [1.82, 2.24) is 14.5 Å². The minimum absolute atomic E-state index is 0.966. The molecule has 112 valence electrons. The normalized spacial score (nSPS) is 15.5. The lowest BCUT2D eigenvalue weighted by atomic mass is 10.3. The lowest BCUT2D eigenvalue weighted by Crippen LogP contribution is -2.47. The Kier molecular flexibility index (Phi) is 3.18. The molecule has 5 nitrogen and oxygen atoms in total. The predicted octanol–water partition coefficient (Wildman–Crippen LogP) is 2.29. The third-order valence-electron chi connectivity index (χ3n) is 4.30. The number of aromatic nitrogens is 3. The molecule has 0 saturated carbocycles. The first-order valence-corrected chi connectivity index (χ1v) is 7.65. The second-order valence-corrected chi connectivity index (χ2v) is 5.62. The zero-order valence-electron chi connectivity index (χ0n) is 12.7. The number of rotatable bonds is 2. The third kappa shape index (κ3) is 2.19. The Labute approximate surface area is 129 Å². The van der Waals surface area contributed by atoms with Gasteiger partial charge in [0.1, 0.15) is 5.82 Å². The Morgan fingerprint density at radius 3 is 2.32 bits per heavy atom. The summed E-state index contributed by atoms with van der Waals surface area (Å²) < 4.78 is 2.19. The molecule has 0 amide bonds. The van der Waals surface area contributed by atoms with Crippen LogP contribution in [-0.4, -0.2) is 40.7 Å². The van der Waals surface area contributed by atoms with Crippen molar-refractivity contribution in [2.75, 3.05) is 36.0 Å². The number of para-hydroxylation sites is 2. The first-order chi connectivity index (χ1) is 10.8. The average Bonchev–Trinajstić information content (AvgIpc) is 2.93. The van der Waals surface area contributed by atoms with Crippen molar-refractivity contribution in [3.63, 3.8) is 0 Å². The maximum absolute atomic E-state index is 4.79. The van der Waals surface area contributed by atoms with E-state index >= 15 is 0 Å². The molecule has 1 aliphatic rings. The van der Waals surface area contributed by atoms with Crippen LogP contribution in [0.5, 0.6) is 0 Å². The highest BCUT2D eigenvalue weighted by atomic mass is 15.4. The summed E-state index contributed by atoms with van der Waals surface area (Å²) in [5.74, 6) is 2.12. The van der Waals surface area contributed by atoms with Crippen molar-refractivity contribution >= 4 is 22.8 Å². The van der Waals surface area contributed by atoms with Crippen LogP contribution in [-0.2, 0) is 7.05 Å². The van der Waals surface area contributed by atoms with Gasteiger partial charge in [-0.15, -0.1) is 0 Å². The van der Waals surface area contributed by atoms with Gasteiger partial charge in [0.2, 0.25) is 5.95 Å². The van der Waals surface area contributed by atoms with Crippen LogP contribution < -0.4 is 9.80 Å². The van der Waals surface area contributed by atoms with Gasteiger partial charge in [0.25, 0.3) is 0 Å². The van der Waals surface area contributed by atoms with Crippen LogP contribution in [0, 0.1) is 0 Å². The van der Waals surface area contributed by atoms with Gasteiger partial charge in [-0.3, -0.25) is 0 Å². The van der Waals surface area contributed by atoms with Gasteiger partial charge in [-0.25, -0.2) is 9.97 Å². The van der Waals surface area contributed by atoms with Crippen LogP contribution in [0.15, 0.2) is 48.7 Å². The first-order valence-electron chi connectivity index (χ1n) is 7.65. The fraction of sp³-hybridized carbons (Fsp3) is 0.294. The first kappa shape index (κ1) is 13.1. The van der Waals surface area contributed by atoms with Gasteiger partial charge in [-0.2, -0.15) is 0 Å². The molecule has 4 rings (SSSR count). The standard InChI is InChI=1S/C17H19N5/c1-20-15-7-3-2-6-14(15)19-17(20)22-12-10-21(11-13-22)16-8-4-5-9-18-16/h2-9H,10-13H2,1H3. The van der Waals surface area contributed by atoms with Crippen molar-refractivity contribution in [2.24, 2.45) is 7.05 Å². The monoisotopic (exact) mass is 293 g/mol. The summed E-state index contributed by atoms with van der Waals surface area (Å²) in [7, 11) is 2.09. The number of imidazole rings is 1. The highest BCUT2D eigenvalue weighted by molar-refractivity contribution is 5.78. The minimum Gasteiger partial charge on any atom is -0.353 e. The van der Waals surface area contributed by atoms with Crippen molar-refractivity contribution < 1.29 is 0 Å². The maximum atomic E-state index is 4.79. The van der Waals surface area contributed by atoms with E-state index in [1.54, 1.807) is 0 Å². The summed E-state index contributed by atoms with van der Waals surface area (Å²) in [6, 6.07) is 14.4. The molecule has 1 aliphatic heterocycles. The molecule has 3 heterocycles. The summed E-state index contributed by atoms with van der Waals surface area (Å²) in [6.07, 6.45) is 1.85. The van der Waals surface area contributed by atoms with Gasteiger partial charge in [0.15, 0.2) is 0 Å². The van der Waals surface area contributed by atoms with Crippen molar-refractivity contribution in [2.45, 2.75) is 0 Å². The largest absolute Gasteiger partial charge is 0.353 e. The lowest BCUT2D eigenvalue weighted by Gasteiger charge is -2.35. The molecule has 1 saturated heterocycles. The van der Waals surface area contributed by atoms with E-state index < -0.39 is 0 Å². The molecule has 1 fully saturated rings. The maximum Gasteiger partial charge on any atom is 0.206 e. The molecule has 22 heavy (non-hydrogen) atoms. The summed E-state index contributed by atoms with van der Waals surface area (Å²) in [4.78, 5) is 13.9. The highest BCUT2D eigenvalue weighted by Gasteiger charge is 2.21. The molecule has 0 aliphatic carbocycles. The molecule has 1 aromatic carbocycles. The third-order valence-corrected chi connectivity index (χ3v) is 4.30. The van der Waals surface area contributed by atoms with E-state index in [0.29, 0.717) is 0 Å². The summed E-state index contributed by atoms with van der Waals surface area (Å²) in [5.41, 5.74) is 2.25. The van der Waals surface area contributed by atoms with Crippen molar-refractivity contribution in [3.8, 4) is 0 Å². The van der Waals surface area contributed by atoms with E-state index in [1.807, 2.05) is 24.4 Å². The Bertz CT molecular complexity index is 772. The van der Waals surface area contributed by atoms with E-state index in [2.05, 4.69) is 50.7 Å². The Balaban J connectivity index is 1.54. The molecule has 0 bridgehead atoms. The van der Waals surface area contributed by atoms with Gasteiger partial charge in [-0.1, -0.05) is 18.2 Å². The van der Waals surface area contributed by atoms with Gasteiger partial charge >= 0.3 is 0 Å². The number of hydrogen-bond donors (Lipinski definition) is 0. The fourth-order valence-electron chi connectivity index (χ4n) is 3.09. The second-order valence-electron chi connectivity index (χ2n) is 5.62. The van der Waals surface area contributed by atoms with Gasteiger partial charge in [0.05, 0.1) is 11.0 Å². The molecular weight excluding hydrogens is 274 g/mol. The average molecular weight is 293 g/mol. The SMILES string of the molecule is Cn1c(N2CCN(c3ccccn3)CC2)nc2ccccc21. The summed E-state index contributed by atoms with van der Waals surface area (Å²) >= 11 is 0. The van der Waals surface area contributed by atoms with Crippen LogP contribution in [0.1, 0.15) is 0 Å². The quantitative estimate of drug-likeness (QED) is 0.726. The smallest absolute Gasteiger partial charge is 0.206 e. The topological polar surface area (TPSA) is 37.2 Å². The Hall–Kier alpha value is -2.56. The Morgan fingerprint density at radius 2 is 1.59 bits per heavy atom. The number of hydrogen-bond acceptors (Lipinski definition) is 4. The number of fused-ring (bicyclic) bond motifs is 1. The molecule has 0 atom stereocenters. The molecule has 3 aromatic rings. The van der Waals surface area contributed by atoms with Gasteiger partial charge in [0, 0.05) is 39.4 Å². The van der Waals surface area contributed by atoms with Crippen molar-refractivity contribution in [1.29, 1.82) is 0 Å². The van der Waals surface area contributed by atoms with E-state index in [4.69, 9.17) is 4.98 Å². The van der Waals surface area contributed by atoms with Crippen molar-refractivity contribution in [3.05, 3.63) is 48.7 Å². The fourth-order valence-corrected chi connectivity index (χ4v) is 3.09. The second kappa shape index (κ2) is 5.33. The van der Waals surface area contributed by atoms with Crippen LogP contribution in [0.25, 0.3) is 11.0 Å². The Morgan fingerprint density at radius 1 is 0.864 bits per heavy atom. The van der Waals surface area contributed by atoms with E-state index in [-0.39, 0.29) is 0 Å². The lowest BCUT2D eigenvalue weighted by molar-refractivity contribution is 0.627. The highest BCUT2D eigenvalue weighted by Crippen LogP contribution is 2.22. The number of benzene rings is 1. The molecule has 5 heteroatoms. The number of aryl methyl sites for hydroxylation is 1. The summed E-state index contributed by atoms with van der Waals surface area (Å²) in [6.45, 7) is 3.88. The summed E-state index contributed by atoms with van der Waals surface area (Å²) in [5, 5.41) is 0. The van der Waals surface area contributed by atoms with E-state index in [1.165, 1.54) is 5.52 Å². The van der Waals surface area contributed by atoms with E-state index in [9.17, 15) is 0 Å². The molecule has 0 spiro atoms. The molecule has 0 N–H and O–H groups in total. The van der Waals surface area contributed by atoms with Crippen LogP contribution in [0.3, 0.4) is 0 Å². The molecule has 0 unspecified atom stereocenters. The predicted molar refractivity (Wildman–Crippen MR) is 89.4 cm³/mol. The van der Waals surface area contributed by atoms with Crippen LogP contribution in [0.4, 0.5) is 11.8 Å². The zero-order valence-corrected chi connectivity index (χ0v) is 12.7. The minimum atomic E-state index is 0.966. The van der Waals surface area contributed by atoms with Gasteiger partial charge in [-0.05, 0) is 24.3 Å². The van der Waals surface area contributed by atoms with E-state index in [0.717, 1.165) is 43.5 Å². The number of anilines is 2. The zero-order chi connectivity index (χ0) is 14.9. The molecule has 2 aromatic heterocycles. The number of piperazine rings is 1. The number of nitrogens with zero attached hydrogens (tertiary/aromatic N) is 5. The van der Waals surface area contributed by atoms with Crippen LogP contribution >= 0.6 is 0 Å².